The van der Waals surface area contributed by atoms with Gasteiger partial charge in [0.05, 0.1) is 13.1 Å². The number of rotatable bonds is 3. The Labute approximate surface area is 105 Å². The van der Waals surface area contributed by atoms with Crippen LogP contribution >= 0.6 is 0 Å². The van der Waals surface area contributed by atoms with Gasteiger partial charge in [-0.05, 0) is 18.2 Å². The molecule has 0 atom stereocenters. The predicted octanol–water partition coefficient (Wildman–Crippen LogP) is 1.33. The Morgan fingerprint density at radius 3 is 2.83 bits per heavy atom. The van der Waals surface area contributed by atoms with Crippen molar-refractivity contribution in [3.05, 3.63) is 35.4 Å². The van der Waals surface area contributed by atoms with Crippen LogP contribution in [0.5, 0.6) is 0 Å². The smallest absolute Gasteiger partial charge is 0.255 e. The Bertz CT molecular complexity index is 477. The number of halogens is 2. The summed E-state index contributed by atoms with van der Waals surface area (Å²) in [5, 5.41) is 0. The molecule has 5 heteroatoms. The standard InChI is InChI=1S/C13H14F2N2O/c1-17(9-12(14)15)13(18)11-6-2-4-10(8-11)5-3-7-16/h2,4,6,8,12H,7,9,16H2,1H3. The second-order valence-corrected chi connectivity index (χ2v) is 3.66. The summed E-state index contributed by atoms with van der Waals surface area (Å²) in [5.41, 5.74) is 6.22. The first-order valence-electron chi connectivity index (χ1n) is 5.37. The highest BCUT2D eigenvalue weighted by Gasteiger charge is 2.15. The average molecular weight is 252 g/mol. The van der Waals surface area contributed by atoms with E-state index >= 15 is 0 Å². The molecule has 0 spiro atoms. The van der Waals surface area contributed by atoms with E-state index in [2.05, 4.69) is 11.8 Å². The van der Waals surface area contributed by atoms with E-state index in [9.17, 15) is 13.6 Å². The van der Waals surface area contributed by atoms with Crippen LogP contribution in [0.1, 0.15) is 15.9 Å². The molecule has 1 aromatic carbocycles. The monoisotopic (exact) mass is 252 g/mol. The number of amides is 1. The van der Waals surface area contributed by atoms with Crippen molar-refractivity contribution in [1.82, 2.24) is 4.90 Å². The van der Waals surface area contributed by atoms with Gasteiger partial charge in [0.2, 0.25) is 0 Å². The van der Waals surface area contributed by atoms with Crippen LogP contribution in [0.3, 0.4) is 0 Å². The van der Waals surface area contributed by atoms with Gasteiger partial charge in [-0.3, -0.25) is 4.79 Å². The lowest BCUT2D eigenvalue weighted by Gasteiger charge is -2.16. The molecular weight excluding hydrogens is 238 g/mol. The molecule has 2 N–H and O–H groups in total. The molecule has 0 aliphatic heterocycles. The summed E-state index contributed by atoms with van der Waals surface area (Å²) in [5.74, 6) is 5.00. The Kier molecular flexibility index (Phi) is 5.28. The van der Waals surface area contributed by atoms with Gasteiger partial charge < -0.3 is 10.6 Å². The predicted molar refractivity (Wildman–Crippen MR) is 65.3 cm³/mol. The highest BCUT2D eigenvalue weighted by molar-refractivity contribution is 5.94. The summed E-state index contributed by atoms with van der Waals surface area (Å²) in [6.07, 6.45) is -2.54. The van der Waals surface area contributed by atoms with E-state index in [4.69, 9.17) is 5.73 Å². The molecule has 3 nitrogen and oxygen atoms in total. The number of benzene rings is 1. The molecule has 0 fully saturated rings. The second kappa shape index (κ2) is 6.72. The van der Waals surface area contributed by atoms with Crippen molar-refractivity contribution in [2.45, 2.75) is 6.43 Å². The van der Waals surface area contributed by atoms with Crippen molar-refractivity contribution in [1.29, 1.82) is 0 Å². The summed E-state index contributed by atoms with van der Waals surface area (Å²) < 4.78 is 24.4. The molecule has 1 rings (SSSR count). The Morgan fingerprint density at radius 1 is 1.50 bits per heavy atom. The third-order valence-electron chi connectivity index (χ3n) is 2.20. The van der Waals surface area contributed by atoms with Gasteiger partial charge in [0.1, 0.15) is 0 Å². The van der Waals surface area contributed by atoms with Crippen LogP contribution in [0.15, 0.2) is 24.3 Å². The lowest BCUT2D eigenvalue weighted by Crippen LogP contribution is -2.31. The Hall–Kier alpha value is -1.93. The van der Waals surface area contributed by atoms with Crippen LogP contribution in [0.2, 0.25) is 0 Å². The molecule has 0 saturated heterocycles. The van der Waals surface area contributed by atoms with Gasteiger partial charge >= 0.3 is 0 Å². The van der Waals surface area contributed by atoms with E-state index in [1.807, 2.05) is 0 Å². The summed E-state index contributed by atoms with van der Waals surface area (Å²) >= 11 is 0. The van der Waals surface area contributed by atoms with Crippen molar-refractivity contribution >= 4 is 5.91 Å². The van der Waals surface area contributed by atoms with Crippen molar-refractivity contribution in [2.75, 3.05) is 20.1 Å². The third kappa shape index (κ3) is 4.15. The molecule has 0 unspecified atom stereocenters. The zero-order valence-corrected chi connectivity index (χ0v) is 9.99. The minimum absolute atomic E-state index is 0.226. The van der Waals surface area contributed by atoms with Crippen molar-refractivity contribution < 1.29 is 13.6 Å². The van der Waals surface area contributed by atoms with Crippen LogP contribution in [0, 0.1) is 11.8 Å². The van der Waals surface area contributed by atoms with Crippen LogP contribution in [0.25, 0.3) is 0 Å². The van der Waals surface area contributed by atoms with Crippen molar-refractivity contribution in [2.24, 2.45) is 5.73 Å². The number of carbonyl (C=O) groups is 1. The quantitative estimate of drug-likeness (QED) is 0.825. The van der Waals surface area contributed by atoms with E-state index in [1.165, 1.54) is 7.05 Å². The maximum absolute atomic E-state index is 12.2. The van der Waals surface area contributed by atoms with Gasteiger partial charge in [0.15, 0.2) is 0 Å². The average Bonchev–Trinajstić information content (AvgIpc) is 2.35. The maximum Gasteiger partial charge on any atom is 0.255 e. The fraction of sp³-hybridized carbons (Fsp3) is 0.308. The molecule has 1 amide bonds. The minimum Gasteiger partial charge on any atom is -0.336 e. The van der Waals surface area contributed by atoms with E-state index in [0.29, 0.717) is 11.1 Å². The minimum atomic E-state index is -2.54. The van der Waals surface area contributed by atoms with E-state index in [1.54, 1.807) is 24.3 Å². The molecule has 0 radical (unpaired) electrons. The summed E-state index contributed by atoms with van der Waals surface area (Å²) in [6, 6.07) is 6.52. The highest BCUT2D eigenvalue weighted by Crippen LogP contribution is 2.08. The van der Waals surface area contributed by atoms with E-state index in [0.717, 1.165) is 4.90 Å². The zero-order valence-electron chi connectivity index (χ0n) is 9.99. The molecule has 0 saturated carbocycles. The molecule has 0 bridgehead atoms. The van der Waals surface area contributed by atoms with Gasteiger partial charge in [-0.25, -0.2) is 8.78 Å². The number of nitrogens with zero attached hydrogens (tertiary/aromatic N) is 1. The summed E-state index contributed by atoms with van der Waals surface area (Å²) in [7, 11) is 1.34. The second-order valence-electron chi connectivity index (χ2n) is 3.66. The van der Waals surface area contributed by atoms with E-state index in [-0.39, 0.29) is 6.54 Å². The van der Waals surface area contributed by atoms with Crippen molar-refractivity contribution in [3.63, 3.8) is 0 Å². The largest absolute Gasteiger partial charge is 0.336 e. The fourth-order valence-electron chi connectivity index (χ4n) is 1.39. The molecule has 0 aliphatic rings. The van der Waals surface area contributed by atoms with Crippen LogP contribution in [-0.2, 0) is 0 Å². The Balaban J connectivity index is 2.86. The first kappa shape index (κ1) is 14.1. The van der Waals surface area contributed by atoms with Crippen LogP contribution < -0.4 is 5.73 Å². The third-order valence-corrected chi connectivity index (χ3v) is 2.20. The van der Waals surface area contributed by atoms with Gasteiger partial charge in [0.25, 0.3) is 12.3 Å². The van der Waals surface area contributed by atoms with Gasteiger partial charge in [0, 0.05) is 18.2 Å². The fourth-order valence-corrected chi connectivity index (χ4v) is 1.39. The summed E-state index contributed by atoms with van der Waals surface area (Å²) in [4.78, 5) is 12.8. The van der Waals surface area contributed by atoms with Crippen molar-refractivity contribution in [3.8, 4) is 11.8 Å². The van der Waals surface area contributed by atoms with E-state index < -0.39 is 18.9 Å². The lowest BCUT2D eigenvalue weighted by atomic mass is 10.1. The first-order valence-corrected chi connectivity index (χ1v) is 5.37. The molecule has 18 heavy (non-hydrogen) atoms. The number of hydrogen-bond donors (Lipinski definition) is 1. The molecule has 0 heterocycles. The molecular formula is C13H14F2N2O. The highest BCUT2D eigenvalue weighted by atomic mass is 19.3. The molecule has 1 aromatic rings. The molecule has 0 aromatic heterocycles. The van der Waals surface area contributed by atoms with Crippen LogP contribution in [-0.4, -0.2) is 37.4 Å². The summed E-state index contributed by atoms with van der Waals surface area (Å²) in [6.45, 7) is -0.360. The normalized spacial score (nSPS) is 9.83. The van der Waals surface area contributed by atoms with Gasteiger partial charge in [-0.2, -0.15) is 0 Å². The lowest BCUT2D eigenvalue weighted by molar-refractivity contribution is 0.0620. The zero-order chi connectivity index (χ0) is 13.5. The SMILES string of the molecule is CN(CC(F)F)C(=O)c1cccc(C#CCN)c1. The number of carbonyl (C=O) groups excluding carboxylic acids is 1. The number of alkyl halides is 2. The number of nitrogens with two attached hydrogens (primary N) is 1. The van der Waals surface area contributed by atoms with Gasteiger partial charge in [-0.15, -0.1) is 0 Å². The van der Waals surface area contributed by atoms with Crippen LogP contribution in [0.4, 0.5) is 8.78 Å². The maximum atomic E-state index is 12.2. The Morgan fingerprint density at radius 2 is 2.22 bits per heavy atom. The molecule has 96 valence electrons. The molecule has 0 aliphatic carbocycles. The topological polar surface area (TPSA) is 46.3 Å². The van der Waals surface area contributed by atoms with Gasteiger partial charge in [-0.1, -0.05) is 17.9 Å². The first-order chi connectivity index (χ1) is 8.54. The number of hydrogen-bond acceptors (Lipinski definition) is 2.